The summed E-state index contributed by atoms with van der Waals surface area (Å²) < 4.78 is 6.27. The SMILES string of the molecule is c1ccc2c(P3N4C5CCCCC5CC4C4CC5CCCCC5N43)cccc2c1. The van der Waals surface area contributed by atoms with Gasteiger partial charge in [0.05, 0.1) is 8.22 Å². The van der Waals surface area contributed by atoms with Crippen molar-refractivity contribution in [1.29, 1.82) is 0 Å². The summed E-state index contributed by atoms with van der Waals surface area (Å²) in [6, 6.07) is 19.8. The average Bonchev–Trinajstić information content (AvgIpc) is 3.41. The van der Waals surface area contributed by atoms with E-state index in [2.05, 4.69) is 51.8 Å². The Bertz CT molecular complexity index is 887. The highest BCUT2D eigenvalue weighted by Gasteiger charge is 2.62. The fourth-order valence-corrected chi connectivity index (χ4v) is 11.5. The lowest BCUT2D eigenvalue weighted by molar-refractivity contribution is 0.250. The summed E-state index contributed by atoms with van der Waals surface area (Å²) in [6.45, 7) is 0. The van der Waals surface area contributed by atoms with Crippen molar-refractivity contribution in [2.75, 3.05) is 0 Å². The maximum Gasteiger partial charge on any atom is 0.0742 e. The molecule has 2 aliphatic carbocycles. The first-order chi connectivity index (χ1) is 14.4. The van der Waals surface area contributed by atoms with Crippen LogP contribution in [-0.4, -0.2) is 33.5 Å². The second-order valence-corrected chi connectivity index (χ2v) is 12.4. The Morgan fingerprint density at radius 1 is 0.621 bits per heavy atom. The van der Waals surface area contributed by atoms with Crippen molar-refractivity contribution >= 4 is 24.3 Å². The third-order valence-electron chi connectivity index (χ3n) is 9.05. The van der Waals surface area contributed by atoms with Gasteiger partial charge >= 0.3 is 0 Å². The van der Waals surface area contributed by atoms with Crippen LogP contribution in [0.2, 0.25) is 0 Å². The Hall–Kier alpha value is -0.950. The fourth-order valence-electron chi connectivity index (χ4n) is 7.93. The number of fused-ring (bicyclic) bond motifs is 8. The third-order valence-corrected chi connectivity index (χ3v) is 11.9. The molecule has 6 atom stereocenters. The van der Waals surface area contributed by atoms with E-state index in [4.69, 9.17) is 0 Å². The summed E-state index contributed by atoms with van der Waals surface area (Å²) in [5, 5.41) is 4.63. The molecule has 0 radical (unpaired) electrons. The van der Waals surface area contributed by atoms with Gasteiger partial charge in [-0.1, -0.05) is 68.1 Å². The quantitative estimate of drug-likeness (QED) is 0.533. The molecule has 3 heteroatoms. The summed E-state index contributed by atoms with van der Waals surface area (Å²) in [7, 11) is -0.341. The second kappa shape index (κ2) is 6.78. The Balaban J connectivity index is 1.39. The molecular formula is C26H33N2P. The summed E-state index contributed by atoms with van der Waals surface area (Å²) in [5.41, 5.74) is 0. The molecule has 152 valence electrons. The number of nitrogens with zero attached hydrogens (tertiary/aromatic N) is 2. The number of rotatable bonds is 1. The van der Waals surface area contributed by atoms with E-state index in [1.807, 2.05) is 0 Å². The molecule has 2 saturated carbocycles. The lowest BCUT2D eigenvalue weighted by Crippen LogP contribution is -2.38. The highest BCUT2D eigenvalue weighted by molar-refractivity contribution is 7.62. The fraction of sp³-hybridized carbons (Fsp3) is 0.615. The highest BCUT2D eigenvalue weighted by Crippen LogP contribution is 2.67. The second-order valence-electron chi connectivity index (χ2n) is 10.4. The normalized spacial score (nSPS) is 41.9. The van der Waals surface area contributed by atoms with Crippen LogP contribution < -0.4 is 5.30 Å². The van der Waals surface area contributed by atoms with Gasteiger partial charge in [-0.15, -0.1) is 0 Å². The minimum atomic E-state index is -0.341. The topological polar surface area (TPSA) is 6.48 Å². The molecule has 0 aromatic heterocycles. The monoisotopic (exact) mass is 404 g/mol. The van der Waals surface area contributed by atoms with Gasteiger partial charge in [0, 0.05) is 29.5 Å². The minimum Gasteiger partial charge on any atom is -0.258 e. The molecule has 0 amide bonds. The predicted octanol–water partition coefficient (Wildman–Crippen LogP) is 6.06. The van der Waals surface area contributed by atoms with Gasteiger partial charge in [0.25, 0.3) is 0 Å². The Morgan fingerprint density at radius 3 is 1.90 bits per heavy atom. The maximum absolute atomic E-state index is 3.14. The molecular weight excluding hydrogens is 371 g/mol. The van der Waals surface area contributed by atoms with Crippen molar-refractivity contribution in [2.24, 2.45) is 11.8 Å². The summed E-state index contributed by atoms with van der Waals surface area (Å²) in [4.78, 5) is 0. The molecule has 29 heavy (non-hydrogen) atoms. The molecule has 3 aliphatic heterocycles. The first-order valence-corrected chi connectivity index (χ1v) is 13.5. The molecule has 5 fully saturated rings. The zero-order chi connectivity index (χ0) is 18.9. The number of hydrogen-bond acceptors (Lipinski definition) is 2. The Morgan fingerprint density at radius 2 is 1.21 bits per heavy atom. The van der Waals surface area contributed by atoms with Crippen LogP contribution in [0.15, 0.2) is 42.5 Å². The van der Waals surface area contributed by atoms with Gasteiger partial charge in [-0.25, -0.2) is 0 Å². The van der Waals surface area contributed by atoms with E-state index in [0.717, 1.165) is 36.0 Å². The van der Waals surface area contributed by atoms with Gasteiger partial charge in [0.2, 0.25) is 0 Å². The van der Waals surface area contributed by atoms with Crippen molar-refractivity contribution in [3.63, 3.8) is 0 Å². The molecule has 3 saturated heterocycles. The van der Waals surface area contributed by atoms with E-state index >= 15 is 0 Å². The molecule has 2 aromatic carbocycles. The molecule has 7 rings (SSSR count). The smallest absolute Gasteiger partial charge is 0.0742 e. The predicted molar refractivity (Wildman–Crippen MR) is 122 cm³/mol. The standard InChI is InChI=1S/C26H33N2P/c1-4-12-21-18(8-1)11-7-15-26(21)29-27-22-13-5-2-9-19(22)16-24(27)25-17-20-10-3-6-14-23(20)28(25)29/h1,4,7-8,11-12,15,19-20,22-25H,2-3,5-6,9-10,13-14,16-17H2. The maximum atomic E-state index is 3.14. The molecule has 3 heterocycles. The lowest BCUT2D eigenvalue weighted by atomic mass is 9.83. The van der Waals surface area contributed by atoms with E-state index in [0.29, 0.717) is 0 Å². The van der Waals surface area contributed by atoms with Gasteiger partial charge in [-0.3, -0.25) is 9.34 Å². The zero-order valence-electron chi connectivity index (χ0n) is 17.4. The van der Waals surface area contributed by atoms with E-state index < -0.39 is 0 Å². The number of hydrogen-bond donors (Lipinski definition) is 0. The van der Waals surface area contributed by atoms with E-state index in [1.54, 1.807) is 5.30 Å². The Labute approximate surface area is 176 Å². The molecule has 0 spiro atoms. The lowest BCUT2D eigenvalue weighted by Gasteiger charge is -2.41. The third kappa shape index (κ3) is 2.52. The van der Waals surface area contributed by atoms with Crippen LogP contribution in [0.25, 0.3) is 10.8 Å². The van der Waals surface area contributed by atoms with Crippen molar-refractivity contribution in [3.05, 3.63) is 42.5 Å². The summed E-state index contributed by atoms with van der Waals surface area (Å²) in [5.74, 6) is 1.97. The molecule has 0 N–H and O–H groups in total. The van der Waals surface area contributed by atoms with Crippen LogP contribution in [0.1, 0.15) is 64.2 Å². The first-order valence-electron chi connectivity index (χ1n) is 12.2. The van der Waals surface area contributed by atoms with E-state index in [9.17, 15) is 0 Å². The van der Waals surface area contributed by atoms with Crippen LogP contribution in [0.4, 0.5) is 0 Å². The van der Waals surface area contributed by atoms with Gasteiger partial charge < -0.3 is 0 Å². The molecule has 2 nitrogen and oxygen atoms in total. The molecule has 0 bridgehead atoms. The zero-order valence-corrected chi connectivity index (χ0v) is 18.3. The average molecular weight is 405 g/mol. The molecule has 6 unspecified atom stereocenters. The van der Waals surface area contributed by atoms with E-state index in [1.165, 1.54) is 75.0 Å². The van der Waals surface area contributed by atoms with Gasteiger partial charge in [-0.2, -0.15) is 0 Å². The Kier molecular flexibility index (Phi) is 4.14. The first kappa shape index (κ1) is 17.7. The van der Waals surface area contributed by atoms with E-state index in [-0.39, 0.29) is 8.22 Å². The van der Waals surface area contributed by atoms with Crippen molar-refractivity contribution < 1.29 is 0 Å². The van der Waals surface area contributed by atoms with Crippen LogP contribution in [0, 0.1) is 11.8 Å². The van der Waals surface area contributed by atoms with Crippen LogP contribution >= 0.6 is 8.22 Å². The summed E-state index contributed by atoms with van der Waals surface area (Å²) >= 11 is 0. The largest absolute Gasteiger partial charge is 0.258 e. The van der Waals surface area contributed by atoms with Crippen molar-refractivity contribution in [3.8, 4) is 0 Å². The van der Waals surface area contributed by atoms with Crippen molar-refractivity contribution in [2.45, 2.75) is 88.4 Å². The van der Waals surface area contributed by atoms with Crippen LogP contribution in [0.5, 0.6) is 0 Å². The van der Waals surface area contributed by atoms with Crippen LogP contribution in [0.3, 0.4) is 0 Å². The minimum absolute atomic E-state index is 0.341. The summed E-state index contributed by atoms with van der Waals surface area (Å²) in [6.07, 6.45) is 14.8. The van der Waals surface area contributed by atoms with Gasteiger partial charge in [0.1, 0.15) is 0 Å². The van der Waals surface area contributed by atoms with Gasteiger partial charge in [0.15, 0.2) is 0 Å². The highest BCUT2D eigenvalue weighted by atomic mass is 31.1. The van der Waals surface area contributed by atoms with Crippen molar-refractivity contribution in [1.82, 2.24) is 9.34 Å². The molecule has 2 aromatic rings. The van der Waals surface area contributed by atoms with Gasteiger partial charge in [-0.05, 0) is 61.1 Å². The number of benzene rings is 2. The molecule has 5 aliphatic rings. The van der Waals surface area contributed by atoms with Crippen LogP contribution in [-0.2, 0) is 0 Å².